The molecule has 0 atom stereocenters. The fourth-order valence-corrected chi connectivity index (χ4v) is 17.2. The Kier molecular flexibility index (Phi) is 7.80. The van der Waals surface area contributed by atoms with Gasteiger partial charge in [-0.25, -0.2) is 0 Å². The first-order valence-electron chi connectivity index (χ1n) is 10.6. The molecule has 5 rings (SSSR count). The molecule has 2 aliphatic heterocycles. The number of nitrogens with zero attached hydrogens (tertiary/aromatic N) is 2. The van der Waals surface area contributed by atoms with Crippen LogP contribution in [-0.4, -0.2) is 26.7 Å². The van der Waals surface area contributed by atoms with Gasteiger partial charge in [0.15, 0.2) is 0 Å². The largest absolute Gasteiger partial charge is 0 e. The minimum absolute atomic E-state index is 0. The summed E-state index contributed by atoms with van der Waals surface area (Å²) in [4.78, 5) is 4.16. The first-order chi connectivity index (χ1) is 13.7. The summed E-state index contributed by atoms with van der Waals surface area (Å²) in [5.74, 6) is 0. The molecule has 1 aromatic carbocycles. The molecule has 1 spiro atoms. The van der Waals surface area contributed by atoms with Gasteiger partial charge in [-0.15, -0.1) is 0 Å². The average Bonchev–Trinajstić information content (AvgIpc) is 3.19. The van der Waals surface area contributed by atoms with Crippen molar-refractivity contribution >= 4 is 26.1 Å². The van der Waals surface area contributed by atoms with Gasteiger partial charge in [0, 0.05) is 41.1 Å². The molecule has 3 aromatic rings. The second kappa shape index (κ2) is 9.80. The molecule has 0 unspecified atom stereocenters. The Balaban J connectivity index is 0.00000128. The van der Waals surface area contributed by atoms with Gasteiger partial charge in [0.05, 0.1) is 0 Å². The molecule has 1 saturated heterocycles. The smallest absolute Gasteiger partial charge is 0 e. The maximum atomic E-state index is 4.16. The van der Waals surface area contributed by atoms with Crippen LogP contribution in [-0.2, 0) is 46.2 Å². The molecule has 148 valence electrons. The summed E-state index contributed by atoms with van der Waals surface area (Å²) < 4.78 is 4.19. The molecule has 4 radical (unpaired) electrons. The van der Waals surface area contributed by atoms with E-state index in [0.29, 0.717) is 0 Å². The van der Waals surface area contributed by atoms with Gasteiger partial charge in [-0.3, -0.25) is 0 Å². The second-order valence-electron chi connectivity index (χ2n) is 8.64. The minimum Gasteiger partial charge on any atom is 0 e. The van der Waals surface area contributed by atoms with Crippen molar-refractivity contribution in [2.45, 2.75) is 48.4 Å². The summed E-state index contributed by atoms with van der Waals surface area (Å²) >= 11 is -1.80. The van der Waals surface area contributed by atoms with Crippen molar-refractivity contribution in [3.05, 3.63) is 66.1 Å². The fourth-order valence-electron chi connectivity index (χ4n) is 5.41. The van der Waals surface area contributed by atoms with Crippen LogP contribution < -0.4 is 8.96 Å². The third-order valence-corrected chi connectivity index (χ3v) is 18.5. The van der Waals surface area contributed by atoms with Gasteiger partial charge in [-0.05, 0) is 0 Å². The molecule has 2 nitrogen and oxygen atoms in total. The van der Waals surface area contributed by atoms with E-state index >= 15 is 0 Å². The number of benzene rings is 1. The maximum absolute atomic E-state index is 4.16. The Bertz CT molecular complexity index is 1030. The quantitative estimate of drug-likeness (QED) is 0.278. The van der Waals surface area contributed by atoms with Crippen LogP contribution in [0.4, 0.5) is 0 Å². The van der Waals surface area contributed by atoms with E-state index in [2.05, 4.69) is 66.2 Å². The van der Waals surface area contributed by atoms with E-state index in [4.69, 9.17) is 0 Å². The van der Waals surface area contributed by atoms with Crippen LogP contribution in [0.5, 0.6) is 0 Å². The van der Waals surface area contributed by atoms with Gasteiger partial charge in [0.2, 0.25) is 0 Å². The summed E-state index contributed by atoms with van der Waals surface area (Å²) in [5.41, 5.74) is 7.49. The van der Waals surface area contributed by atoms with Crippen molar-refractivity contribution < 1.29 is 37.3 Å². The zero-order valence-corrected chi connectivity index (χ0v) is 23.0. The van der Waals surface area contributed by atoms with Gasteiger partial charge in [-0.2, -0.15) is 0 Å². The first kappa shape index (κ1) is 23.9. The average molecular weight is 528 g/mol. The van der Waals surface area contributed by atoms with Gasteiger partial charge < -0.3 is 0 Å². The molecular weight excluding hydrogens is 501 g/mol. The van der Waals surface area contributed by atoms with Crippen LogP contribution >= 0.6 is 0 Å². The van der Waals surface area contributed by atoms with E-state index in [9.17, 15) is 0 Å². The summed E-state index contributed by atoms with van der Waals surface area (Å²) in [6, 6.07) is 14.5. The van der Waals surface area contributed by atoms with E-state index < -0.39 is 13.3 Å². The van der Waals surface area contributed by atoms with Crippen molar-refractivity contribution in [2.75, 3.05) is 0 Å². The zero-order chi connectivity index (χ0) is 19.1. The van der Waals surface area contributed by atoms with Gasteiger partial charge in [0.25, 0.3) is 0 Å². The molecule has 30 heavy (non-hydrogen) atoms. The molecule has 0 amide bonds. The van der Waals surface area contributed by atoms with Crippen LogP contribution in [0.15, 0.2) is 42.7 Å². The number of aryl methyl sites for hydroxylation is 3. The molecular formula is C25H27BGeN2Y-. The van der Waals surface area contributed by atoms with E-state index in [1.165, 1.54) is 42.5 Å². The van der Waals surface area contributed by atoms with Crippen LogP contribution in [0.2, 0.25) is 15.8 Å². The van der Waals surface area contributed by atoms with Crippen molar-refractivity contribution in [2.24, 2.45) is 7.05 Å². The molecule has 0 N–H and O–H groups in total. The van der Waals surface area contributed by atoms with Crippen molar-refractivity contribution in [1.29, 1.82) is 0 Å². The van der Waals surface area contributed by atoms with Gasteiger partial charge in [0.1, 0.15) is 0 Å². The minimum atomic E-state index is -1.80. The molecule has 0 aliphatic carbocycles. The number of pyridine rings is 2. The number of fused-ring (bicyclic) bond motifs is 2. The molecule has 0 saturated carbocycles. The predicted molar refractivity (Wildman–Crippen MR) is 122 cm³/mol. The standard InChI is InChI=1S/C25H27GeN2.B.Y/c1-19-9-10-20(22-8-6-14-27-17-22)15-23(19)25-16-21-7-5-13-26(11-3-4-12-26)24(21)18-28(25)2;;/h6,8-10,14,16,18H,3-5,7,11-13H2,1-2H3;;/q-1;;. The summed E-state index contributed by atoms with van der Waals surface area (Å²) in [5, 5.41) is 4.68. The normalized spacial score (nSPS) is 16.5. The van der Waals surface area contributed by atoms with E-state index in [1.807, 2.05) is 10.5 Å². The third kappa shape index (κ3) is 4.27. The Hall–Kier alpha value is -0.768. The van der Waals surface area contributed by atoms with E-state index in [1.54, 1.807) is 27.5 Å². The van der Waals surface area contributed by atoms with Crippen LogP contribution in [0.3, 0.4) is 0 Å². The second-order valence-corrected chi connectivity index (χ2v) is 18.3. The van der Waals surface area contributed by atoms with Crippen LogP contribution in [0.25, 0.3) is 22.4 Å². The molecule has 0 bridgehead atoms. The number of hydrogen-bond acceptors (Lipinski definition) is 1. The van der Waals surface area contributed by atoms with E-state index in [-0.39, 0.29) is 41.1 Å². The summed E-state index contributed by atoms with van der Waals surface area (Å²) in [6.45, 7) is 2.19. The number of aromatic nitrogens is 2. The van der Waals surface area contributed by atoms with Gasteiger partial charge in [-0.1, -0.05) is 0 Å². The zero-order valence-electron chi connectivity index (χ0n) is 18.0. The van der Waals surface area contributed by atoms with Crippen LogP contribution in [0.1, 0.15) is 30.4 Å². The Morgan fingerprint density at radius 3 is 2.53 bits per heavy atom. The summed E-state index contributed by atoms with van der Waals surface area (Å²) in [6.07, 6.45) is 13.0. The van der Waals surface area contributed by atoms with Gasteiger partial charge >= 0.3 is 171 Å². The Labute approximate surface area is 210 Å². The van der Waals surface area contributed by atoms with Crippen LogP contribution in [0, 0.1) is 19.2 Å². The fraction of sp³-hybridized carbons (Fsp3) is 0.360. The molecule has 5 heteroatoms. The predicted octanol–water partition coefficient (Wildman–Crippen LogP) is 4.16. The molecule has 2 aliphatic rings. The molecule has 1 fully saturated rings. The van der Waals surface area contributed by atoms with Crippen molar-refractivity contribution in [3.8, 4) is 22.4 Å². The number of rotatable bonds is 2. The maximum Gasteiger partial charge on any atom is 0 e. The van der Waals surface area contributed by atoms with E-state index in [0.717, 1.165) is 11.1 Å². The number of hydrogen-bond donors (Lipinski definition) is 0. The molecule has 4 heterocycles. The van der Waals surface area contributed by atoms with Crippen molar-refractivity contribution in [3.63, 3.8) is 0 Å². The Morgan fingerprint density at radius 2 is 1.80 bits per heavy atom. The Morgan fingerprint density at radius 1 is 1.03 bits per heavy atom. The SMILES string of the molecule is Cc1ccc(-c2[c-]nccc2)[c-]c1-c1cc2[c](c[n+]1C)[Ge]1([CH2]CC[CH2]1)[CH2]CC2.[B].[Y]. The first-order valence-corrected chi connectivity index (χ1v) is 16.1. The summed E-state index contributed by atoms with van der Waals surface area (Å²) in [7, 11) is 2.23. The third-order valence-electron chi connectivity index (χ3n) is 6.90. The van der Waals surface area contributed by atoms with Crippen molar-refractivity contribution in [1.82, 2.24) is 4.98 Å². The monoisotopic (exact) mass is 529 g/mol. The topological polar surface area (TPSA) is 16.8 Å². The molecule has 2 aromatic heterocycles.